The quantitative estimate of drug-likeness (QED) is 0.930. The van der Waals surface area contributed by atoms with Gasteiger partial charge < -0.3 is 5.73 Å². The molecule has 0 saturated heterocycles. The van der Waals surface area contributed by atoms with Crippen molar-refractivity contribution in [3.63, 3.8) is 0 Å². The third-order valence-electron chi connectivity index (χ3n) is 3.66. The summed E-state index contributed by atoms with van der Waals surface area (Å²) in [6.45, 7) is 4.94. The zero-order valence-electron chi connectivity index (χ0n) is 11.7. The van der Waals surface area contributed by atoms with Gasteiger partial charge in [-0.05, 0) is 33.8 Å². The Kier molecular flexibility index (Phi) is 4.42. The highest BCUT2D eigenvalue weighted by Gasteiger charge is 2.14. The van der Waals surface area contributed by atoms with E-state index in [4.69, 9.17) is 5.73 Å². The molecule has 1 unspecified atom stereocenters. The van der Waals surface area contributed by atoms with Crippen molar-refractivity contribution in [2.24, 2.45) is 12.8 Å². The SMILES string of the molecule is CCC(C)c1ccc(-c2nn(C)c(CN)c2Br)cc1. The van der Waals surface area contributed by atoms with Crippen LogP contribution in [0.25, 0.3) is 11.3 Å². The molecule has 2 aromatic rings. The molecule has 1 aromatic carbocycles. The van der Waals surface area contributed by atoms with Crippen LogP contribution in [0, 0.1) is 0 Å². The zero-order valence-corrected chi connectivity index (χ0v) is 13.2. The van der Waals surface area contributed by atoms with E-state index in [2.05, 4.69) is 59.1 Å². The standard InChI is InChI=1S/C15H20BrN3/c1-4-10(2)11-5-7-12(8-6-11)15-14(16)13(9-17)19(3)18-15/h5-8,10H,4,9,17H2,1-3H3. The Hall–Kier alpha value is -1.13. The molecule has 102 valence electrons. The summed E-state index contributed by atoms with van der Waals surface area (Å²) in [6.07, 6.45) is 1.16. The molecule has 0 radical (unpaired) electrons. The molecule has 3 nitrogen and oxygen atoms in total. The molecular formula is C15H20BrN3. The smallest absolute Gasteiger partial charge is 0.107 e. The second kappa shape index (κ2) is 5.88. The Morgan fingerprint density at radius 3 is 2.42 bits per heavy atom. The summed E-state index contributed by atoms with van der Waals surface area (Å²) in [5.41, 5.74) is 10.2. The second-order valence-electron chi connectivity index (χ2n) is 4.87. The third kappa shape index (κ3) is 2.74. The van der Waals surface area contributed by atoms with E-state index >= 15 is 0 Å². The maximum absolute atomic E-state index is 5.73. The zero-order chi connectivity index (χ0) is 14.0. The number of hydrogen-bond acceptors (Lipinski definition) is 2. The van der Waals surface area contributed by atoms with Gasteiger partial charge >= 0.3 is 0 Å². The van der Waals surface area contributed by atoms with E-state index < -0.39 is 0 Å². The molecule has 0 fully saturated rings. The van der Waals surface area contributed by atoms with Crippen molar-refractivity contribution in [1.29, 1.82) is 0 Å². The van der Waals surface area contributed by atoms with Gasteiger partial charge in [0, 0.05) is 19.2 Å². The number of benzene rings is 1. The predicted octanol–water partition coefficient (Wildman–Crippen LogP) is 3.82. The van der Waals surface area contributed by atoms with Gasteiger partial charge in [0.2, 0.25) is 0 Å². The molecule has 1 aromatic heterocycles. The van der Waals surface area contributed by atoms with Crippen LogP contribution in [0.15, 0.2) is 28.7 Å². The van der Waals surface area contributed by atoms with Crippen molar-refractivity contribution in [1.82, 2.24) is 9.78 Å². The minimum atomic E-state index is 0.481. The molecule has 1 atom stereocenters. The van der Waals surface area contributed by atoms with Gasteiger partial charge in [0.25, 0.3) is 0 Å². The fourth-order valence-corrected chi connectivity index (χ4v) is 2.87. The van der Waals surface area contributed by atoms with E-state index in [-0.39, 0.29) is 0 Å². The van der Waals surface area contributed by atoms with E-state index in [0.717, 1.165) is 27.8 Å². The first kappa shape index (κ1) is 14.3. The fraction of sp³-hybridized carbons (Fsp3) is 0.400. The number of hydrogen-bond donors (Lipinski definition) is 1. The molecule has 0 amide bonds. The highest BCUT2D eigenvalue weighted by Crippen LogP contribution is 2.31. The van der Waals surface area contributed by atoms with Gasteiger partial charge in [-0.2, -0.15) is 5.10 Å². The van der Waals surface area contributed by atoms with E-state index in [1.165, 1.54) is 5.56 Å². The number of rotatable bonds is 4. The number of aryl methyl sites for hydroxylation is 1. The first-order valence-electron chi connectivity index (χ1n) is 6.60. The van der Waals surface area contributed by atoms with Crippen LogP contribution in [-0.2, 0) is 13.6 Å². The molecule has 4 heteroatoms. The van der Waals surface area contributed by atoms with E-state index in [0.29, 0.717) is 12.5 Å². The molecule has 0 aliphatic heterocycles. The molecular weight excluding hydrogens is 302 g/mol. The van der Waals surface area contributed by atoms with E-state index in [9.17, 15) is 0 Å². The lowest BCUT2D eigenvalue weighted by Gasteiger charge is -2.09. The van der Waals surface area contributed by atoms with Gasteiger partial charge in [-0.3, -0.25) is 4.68 Å². The van der Waals surface area contributed by atoms with Crippen molar-refractivity contribution >= 4 is 15.9 Å². The van der Waals surface area contributed by atoms with Crippen LogP contribution >= 0.6 is 15.9 Å². The molecule has 0 aliphatic rings. The van der Waals surface area contributed by atoms with Crippen LogP contribution < -0.4 is 5.73 Å². The molecule has 0 spiro atoms. The Morgan fingerprint density at radius 2 is 1.95 bits per heavy atom. The highest BCUT2D eigenvalue weighted by molar-refractivity contribution is 9.10. The summed E-state index contributed by atoms with van der Waals surface area (Å²) in [5, 5.41) is 4.54. The summed E-state index contributed by atoms with van der Waals surface area (Å²) in [4.78, 5) is 0. The van der Waals surface area contributed by atoms with Crippen LogP contribution in [0.2, 0.25) is 0 Å². The number of nitrogens with two attached hydrogens (primary N) is 1. The summed E-state index contributed by atoms with van der Waals surface area (Å²) in [6, 6.07) is 8.64. The maximum atomic E-state index is 5.73. The lowest BCUT2D eigenvalue weighted by molar-refractivity contribution is 0.712. The monoisotopic (exact) mass is 321 g/mol. The normalized spacial score (nSPS) is 12.7. The van der Waals surface area contributed by atoms with Gasteiger partial charge in [0.05, 0.1) is 10.2 Å². The Labute approximate surface area is 122 Å². The fourth-order valence-electron chi connectivity index (χ4n) is 2.14. The number of nitrogens with zero attached hydrogens (tertiary/aromatic N) is 2. The molecule has 0 aliphatic carbocycles. The molecule has 2 rings (SSSR count). The molecule has 2 N–H and O–H groups in total. The van der Waals surface area contributed by atoms with Crippen LogP contribution in [0.3, 0.4) is 0 Å². The summed E-state index contributed by atoms with van der Waals surface area (Å²) in [5.74, 6) is 0.598. The third-order valence-corrected chi connectivity index (χ3v) is 4.49. The second-order valence-corrected chi connectivity index (χ2v) is 5.66. The van der Waals surface area contributed by atoms with Crippen molar-refractivity contribution in [3.8, 4) is 11.3 Å². The van der Waals surface area contributed by atoms with Gasteiger partial charge in [0.15, 0.2) is 0 Å². The number of aromatic nitrogens is 2. The predicted molar refractivity (Wildman–Crippen MR) is 82.9 cm³/mol. The molecule has 0 bridgehead atoms. The summed E-state index contributed by atoms with van der Waals surface area (Å²) in [7, 11) is 1.92. The topological polar surface area (TPSA) is 43.8 Å². The first-order valence-corrected chi connectivity index (χ1v) is 7.39. The van der Waals surface area contributed by atoms with Gasteiger partial charge in [-0.25, -0.2) is 0 Å². The number of halogens is 1. The van der Waals surface area contributed by atoms with Crippen molar-refractivity contribution in [2.45, 2.75) is 32.7 Å². The van der Waals surface area contributed by atoms with E-state index in [1.807, 2.05) is 11.7 Å². The average Bonchev–Trinajstić information content (AvgIpc) is 2.72. The summed E-state index contributed by atoms with van der Waals surface area (Å²) < 4.78 is 2.83. The Morgan fingerprint density at radius 1 is 1.32 bits per heavy atom. The largest absolute Gasteiger partial charge is 0.325 e. The lowest BCUT2D eigenvalue weighted by Crippen LogP contribution is -2.04. The Bertz CT molecular complexity index is 558. The van der Waals surface area contributed by atoms with Crippen LogP contribution in [-0.4, -0.2) is 9.78 Å². The van der Waals surface area contributed by atoms with Crippen molar-refractivity contribution in [2.75, 3.05) is 0 Å². The molecule has 1 heterocycles. The van der Waals surface area contributed by atoms with Crippen molar-refractivity contribution < 1.29 is 0 Å². The summed E-state index contributed by atoms with van der Waals surface area (Å²) >= 11 is 3.60. The average molecular weight is 322 g/mol. The van der Waals surface area contributed by atoms with Crippen LogP contribution in [0.4, 0.5) is 0 Å². The van der Waals surface area contributed by atoms with Gasteiger partial charge in [-0.15, -0.1) is 0 Å². The van der Waals surface area contributed by atoms with Gasteiger partial charge in [0.1, 0.15) is 5.69 Å². The highest BCUT2D eigenvalue weighted by atomic mass is 79.9. The minimum absolute atomic E-state index is 0.481. The van der Waals surface area contributed by atoms with Crippen LogP contribution in [0.5, 0.6) is 0 Å². The maximum Gasteiger partial charge on any atom is 0.107 e. The lowest BCUT2D eigenvalue weighted by atomic mass is 9.97. The van der Waals surface area contributed by atoms with E-state index in [1.54, 1.807) is 0 Å². The minimum Gasteiger partial charge on any atom is -0.325 e. The molecule has 0 saturated carbocycles. The van der Waals surface area contributed by atoms with Crippen molar-refractivity contribution in [3.05, 3.63) is 40.0 Å². The van der Waals surface area contributed by atoms with Crippen LogP contribution in [0.1, 0.15) is 37.4 Å². The van der Waals surface area contributed by atoms with Gasteiger partial charge in [-0.1, -0.05) is 38.1 Å². The Balaban J connectivity index is 2.37. The first-order chi connectivity index (χ1) is 9.08. The molecule has 19 heavy (non-hydrogen) atoms.